The molecule has 0 aromatic rings. The normalized spacial score (nSPS) is 24.6. The van der Waals surface area contributed by atoms with E-state index in [9.17, 15) is 4.79 Å². The summed E-state index contributed by atoms with van der Waals surface area (Å²) in [5.74, 6) is 0.690. The lowest BCUT2D eigenvalue weighted by Gasteiger charge is -2.58. The smallest absolute Gasteiger partial charge is 0.225 e. The highest BCUT2D eigenvalue weighted by Gasteiger charge is 2.53. The van der Waals surface area contributed by atoms with Crippen molar-refractivity contribution < 1.29 is 9.53 Å². The van der Waals surface area contributed by atoms with Crippen LogP contribution in [0.5, 0.6) is 0 Å². The third kappa shape index (κ3) is 3.73. The van der Waals surface area contributed by atoms with Gasteiger partial charge in [0.05, 0.1) is 13.2 Å². The van der Waals surface area contributed by atoms with E-state index in [1.807, 2.05) is 32.6 Å². The highest BCUT2D eigenvalue weighted by molar-refractivity contribution is 5.80. The van der Waals surface area contributed by atoms with Crippen LogP contribution in [0.25, 0.3) is 0 Å². The third-order valence-electron chi connectivity index (χ3n) is 4.24. The van der Waals surface area contributed by atoms with Crippen molar-refractivity contribution in [3.8, 4) is 0 Å². The number of amides is 1. The molecule has 3 fully saturated rings. The molecule has 0 aromatic carbocycles. The molecule has 1 saturated carbocycles. The molecule has 0 atom stereocenters. The van der Waals surface area contributed by atoms with Crippen molar-refractivity contribution in [3.05, 3.63) is 0 Å². The first-order valence-electron chi connectivity index (χ1n) is 8.24. The molecule has 0 radical (unpaired) electrons. The molecule has 4 nitrogen and oxygen atoms in total. The highest BCUT2D eigenvalue weighted by atomic mass is 16.5. The highest BCUT2D eigenvalue weighted by Crippen LogP contribution is 2.51. The van der Waals surface area contributed by atoms with Crippen LogP contribution < -0.4 is 0 Å². The molecule has 0 aromatic heterocycles. The van der Waals surface area contributed by atoms with Gasteiger partial charge in [-0.15, -0.1) is 0 Å². The molecule has 2 heterocycles. The van der Waals surface area contributed by atoms with E-state index in [0.29, 0.717) is 30.5 Å². The first kappa shape index (κ1) is 17.4. The van der Waals surface area contributed by atoms with Crippen molar-refractivity contribution in [3.63, 3.8) is 0 Å². The van der Waals surface area contributed by atoms with Gasteiger partial charge in [-0.2, -0.15) is 0 Å². The number of likely N-dealkylation sites (tertiary alicyclic amines) is 1. The first-order valence-corrected chi connectivity index (χ1v) is 8.24. The van der Waals surface area contributed by atoms with Crippen molar-refractivity contribution >= 4 is 5.91 Å². The van der Waals surface area contributed by atoms with Crippen LogP contribution in [0.3, 0.4) is 0 Å². The predicted molar refractivity (Wildman–Crippen MR) is 82.7 cm³/mol. The fourth-order valence-corrected chi connectivity index (χ4v) is 3.56. The van der Waals surface area contributed by atoms with Crippen LogP contribution in [0, 0.1) is 11.3 Å². The molecule has 20 heavy (non-hydrogen) atoms. The molecule has 1 aliphatic carbocycles. The minimum Gasteiger partial charge on any atom is -0.378 e. The maximum absolute atomic E-state index is 12.1. The van der Waals surface area contributed by atoms with E-state index >= 15 is 0 Å². The van der Waals surface area contributed by atoms with Gasteiger partial charge in [0.2, 0.25) is 5.91 Å². The van der Waals surface area contributed by atoms with Gasteiger partial charge in [-0.25, -0.2) is 0 Å². The minimum absolute atomic E-state index is 0.312. The Morgan fingerprint density at radius 2 is 1.55 bits per heavy atom. The summed E-state index contributed by atoms with van der Waals surface area (Å²) in [5, 5.41) is 0. The van der Waals surface area contributed by atoms with Gasteiger partial charge >= 0.3 is 0 Å². The van der Waals surface area contributed by atoms with Crippen LogP contribution >= 0.6 is 0 Å². The van der Waals surface area contributed by atoms with Crippen molar-refractivity contribution in [1.29, 1.82) is 0 Å². The second-order valence-corrected chi connectivity index (χ2v) is 5.72. The number of carbonyl (C=O) groups excluding carboxylic acids is 1. The van der Waals surface area contributed by atoms with Crippen molar-refractivity contribution in [1.82, 2.24) is 9.80 Å². The van der Waals surface area contributed by atoms with E-state index in [2.05, 4.69) is 11.9 Å². The first-order chi connectivity index (χ1) is 9.69. The summed E-state index contributed by atoms with van der Waals surface area (Å²) in [7, 11) is 2.16. The lowest BCUT2D eigenvalue weighted by Crippen LogP contribution is -2.63. The molecular weight excluding hydrogens is 252 g/mol. The quantitative estimate of drug-likeness (QED) is 0.740. The van der Waals surface area contributed by atoms with Crippen LogP contribution in [-0.4, -0.2) is 62.1 Å². The molecule has 118 valence electrons. The van der Waals surface area contributed by atoms with Crippen molar-refractivity contribution in [2.24, 2.45) is 11.3 Å². The van der Waals surface area contributed by atoms with E-state index in [4.69, 9.17) is 4.74 Å². The molecule has 3 rings (SSSR count). The van der Waals surface area contributed by atoms with Gasteiger partial charge in [-0.3, -0.25) is 4.79 Å². The maximum atomic E-state index is 12.1. The molecule has 1 spiro atoms. The summed E-state index contributed by atoms with van der Waals surface area (Å²) in [5.41, 5.74) is 0.515. The van der Waals surface area contributed by atoms with Crippen LogP contribution in [-0.2, 0) is 9.53 Å². The number of rotatable bonds is 1. The summed E-state index contributed by atoms with van der Waals surface area (Å²) < 4.78 is 5.27. The predicted octanol–water partition coefficient (Wildman–Crippen LogP) is 2.24. The van der Waals surface area contributed by atoms with Gasteiger partial charge in [0, 0.05) is 32.1 Å². The Hall–Kier alpha value is -0.610. The zero-order valence-electron chi connectivity index (χ0n) is 13.9. The number of carbonyl (C=O) groups is 1. The number of ether oxygens (including phenoxy) is 1. The van der Waals surface area contributed by atoms with Gasteiger partial charge in [-0.05, 0) is 25.3 Å². The monoisotopic (exact) mass is 284 g/mol. The summed E-state index contributed by atoms with van der Waals surface area (Å²) in [6.07, 6.45) is 2.24. The van der Waals surface area contributed by atoms with Crippen LogP contribution in [0.2, 0.25) is 0 Å². The Kier molecular flexibility index (Phi) is 6.96. The second kappa shape index (κ2) is 7.99. The summed E-state index contributed by atoms with van der Waals surface area (Å²) in [4.78, 5) is 16.5. The van der Waals surface area contributed by atoms with E-state index in [1.54, 1.807) is 0 Å². The summed E-state index contributed by atoms with van der Waals surface area (Å²) in [6, 6.07) is 0. The lowest BCUT2D eigenvalue weighted by atomic mass is 9.57. The summed E-state index contributed by atoms with van der Waals surface area (Å²) in [6.45, 7) is 13.4. The van der Waals surface area contributed by atoms with Gasteiger partial charge in [0.25, 0.3) is 0 Å². The molecule has 2 saturated heterocycles. The SMILES string of the molecule is CC.CC.CN1CC2(CC(C(=O)N3CCOCC3)C2)C1. The molecule has 0 N–H and O–H groups in total. The fourth-order valence-electron chi connectivity index (χ4n) is 3.56. The average Bonchev–Trinajstić information content (AvgIpc) is 2.46. The molecule has 2 aliphatic heterocycles. The Morgan fingerprint density at radius 3 is 2.00 bits per heavy atom. The van der Waals surface area contributed by atoms with Gasteiger partial charge in [0.1, 0.15) is 0 Å². The van der Waals surface area contributed by atoms with Gasteiger partial charge < -0.3 is 14.5 Å². The van der Waals surface area contributed by atoms with Crippen molar-refractivity contribution in [2.45, 2.75) is 40.5 Å². The lowest BCUT2D eigenvalue weighted by molar-refractivity contribution is -0.156. The topological polar surface area (TPSA) is 32.8 Å². The van der Waals surface area contributed by atoms with E-state index in [0.717, 1.165) is 25.9 Å². The Bertz CT molecular complexity index is 287. The largest absolute Gasteiger partial charge is 0.378 e. The molecule has 3 aliphatic rings. The Labute approximate surface area is 124 Å². The zero-order valence-corrected chi connectivity index (χ0v) is 13.9. The molecular formula is C16H32N2O2. The number of hydrogen-bond acceptors (Lipinski definition) is 3. The average molecular weight is 284 g/mol. The van der Waals surface area contributed by atoms with E-state index < -0.39 is 0 Å². The zero-order chi connectivity index (χ0) is 15.2. The van der Waals surface area contributed by atoms with E-state index in [1.165, 1.54) is 13.1 Å². The Morgan fingerprint density at radius 1 is 1.05 bits per heavy atom. The number of morpholine rings is 1. The number of nitrogens with zero attached hydrogens (tertiary/aromatic N) is 2. The molecule has 0 unspecified atom stereocenters. The minimum atomic E-state index is 0.312. The van der Waals surface area contributed by atoms with Crippen LogP contribution in [0.15, 0.2) is 0 Å². The van der Waals surface area contributed by atoms with Crippen molar-refractivity contribution in [2.75, 3.05) is 46.4 Å². The van der Waals surface area contributed by atoms with E-state index in [-0.39, 0.29) is 0 Å². The van der Waals surface area contributed by atoms with Gasteiger partial charge in [0.15, 0.2) is 0 Å². The van der Waals surface area contributed by atoms with Gasteiger partial charge in [-0.1, -0.05) is 27.7 Å². The summed E-state index contributed by atoms with van der Waals surface area (Å²) >= 11 is 0. The molecule has 1 amide bonds. The van der Waals surface area contributed by atoms with Crippen LogP contribution in [0.4, 0.5) is 0 Å². The van der Waals surface area contributed by atoms with Crippen LogP contribution in [0.1, 0.15) is 40.5 Å². The Balaban J connectivity index is 0.000000461. The molecule has 4 heteroatoms. The maximum Gasteiger partial charge on any atom is 0.225 e. The molecule has 0 bridgehead atoms. The number of hydrogen-bond donors (Lipinski definition) is 0. The standard InChI is InChI=1S/C12H20N2O2.2C2H6/c1-13-8-12(9-13)6-10(7-12)11(15)14-2-4-16-5-3-14;2*1-2/h10H,2-9H2,1H3;2*1-2H3. The second-order valence-electron chi connectivity index (χ2n) is 5.72. The fraction of sp³-hybridized carbons (Fsp3) is 0.938. The third-order valence-corrected chi connectivity index (χ3v) is 4.24.